The van der Waals surface area contributed by atoms with Gasteiger partial charge in [-0.3, -0.25) is 9.80 Å². The van der Waals surface area contributed by atoms with Gasteiger partial charge in [0.2, 0.25) is 0 Å². The fourth-order valence-corrected chi connectivity index (χ4v) is 11.9. The summed E-state index contributed by atoms with van der Waals surface area (Å²) in [5, 5.41) is 14.2. The molecule has 4 fully saturated rings. The maximum absolute atomic E-state index is 12.8. The number of hydrogen-bond donors (Lipinski definition) is 2. The molecule has 1 saturated carbocycles. The van der Waals surface area contributed by atoms with Gasteiger partial charge >= 0.3 is 0 Å². The maximum atomic E-state index is 12.8. The molecule has 5 nitrogen and oxygen atoms in total. The minimum atomic E-state index is -0.378. The van der Waals surface area contributed by atoms with Gasteiger partial charge in [-0.2, -0.15) is 0 Å². The molecule has 2 N–H and O–H groups in total. The molecule has 3 saturated heterocycles. The van der Waals surface area contributed by atoms with Gasteiger partial charge in [0.1, 0.15) is 0 Å². The Morgan fingerprint density at radius 3 is 2.77 bits per heavy atom. The number of aliphatic hydroxyl groups excluding tert-OH is 1. The van der Waals surface area contributed by atoms with E-state index in [2.05, 4.69) is 94.3 Å². The predicted molar refractivity (Wildman–Crippen MR) is 172 cm³/mol. The Morgan fingerprint density at radius 2 is 1.88 bits per heavy atom. The Labute approximate surface area is 255 Å². The molecule has 2 bridgehead atoms. The van der Waals surface area contributed by atoms with Crippen LogP contribution in [0.5, 0.6) is 0 Å². The quantitative estimate of drug-likeness (QED) is 0.361. The number of aromatic nitrogens is 1. The van der Waals surface area contributed by atoms with E-state index in [1.165, 1.54) is 52.8 Å². The van der Waals surface area contributed by atoms with Crippen molar-refractivity contribution in [1.82, 2.24) is 14.8 Å². The number of anilines is 1. The first-order valence-electron chi connectivity index (χ1n) is 17.1. The Hall–Kier alpha value is -2.86. The van der Waals surface area contributed by atoms with Crippen LogP contribution in [-0.4, -0.2) is 64.3 Å². The first-order valence-corrected chi connectivity index (χ1v) is 17.1. The van der Waals surface area contributed by atoms with Crippen LogP contribution in [0.25, 0.3) is 10.9 Å². The van der Waals surface area contributed by atoms with E-state index in [4.69, 9.17) is 0 Å². The molecule has 222 valence electrons. The molecular formula is C38H44N4O. The summed E-state index contributed by atoms with van der Waals surface area (Å²) < 4.78 is 0. The Morgan fingerprint density at radius 1 is 1.02 bits per heavy atom. The number of benzene rings is 2. The summed E-state index contributed by atoms with van der Waals surface area (Å²) in [6, 6.07) is 19.5. The normalized spacial score (nSPS) is 40.3. The van der Waals surface area contributed by atoms with Gasteiger partial charge in [-0.05, 0) is 85.7 Å². The van der Waals surface area contributed by atoms with E-state index in [1.54, 1.807) is 11.1 Å². The number of hydrogen-bond acceptors (Lipinski definition) is 4. The fraction of sp³-hybridized carbons (Fsp3) is 0.526. The highest BCUT2D eigenvalue weighted by Gasteiger charge is 2.69. The average Bonchev–Trinajstić information content (AvgIpc) is 3.72. The number of piperidine rings is 2. The maximum Gasteiger partial charge on any atom is 0.0824 e. The average molecular weight is 573 g/mol. The molecule has 7 heterocycles. The van der Waals surface area contributed by atoms with Crippen molar-refractivity contribution in [2.24, 2.45) is 23.7 Å². The zero-order chi connectivity index (χ0) is 28.6. The molecule has 5 heteroatoms. The van der Waals surface area contributed by atoms with Crippen LogP contribution in [-0.2, 0) is 11.8 Å². The molecule has 2 aromatic carbocycles. The summed E-state index contributed by atoms with van der Waals surface area (Å²) >= 11 is 0. The van der Waals surface area contributed by atoms with Gasteiger partial charge in [-0.1, -0.05) is 61.4 Å². The van der Waals surface area contributed by atoms with Gasteiger partial charge in [0, 0.05) is 65.5 Å². The van der Waals surface area contributed by atoms with E-state index < -0.39 is 0 Å². The molecule has 0 unspecified atom stereocenters. The molecule has 1 spiro atoms. The van der Waals surface area contributed by atoms with Crippen LogP contribution in [0.2, 0.25) is 0 Å². The summed E-state index contributed by atoms with van der Waals surface area (Å²) in [6.45, 7) is 9.15. The van der Waals surface area contributed by atoms with Crippen LogP contribution >= 0.6 is 0 Å². The van der Waals surface area contributed by atoms with Gasteiger partial charge in [0.05, 0.1) is 18.2 Å². The van der Waals surface area contributed by atoms with Crippen LogP contribution < -0.4 is 4.90 Å². The molecule has 7 aliphatic rings. The van der Waals surface area contributed by atoms with Crippen molar-refractivity contribution in [3.63, 3.8) is 0 Å². The minimum absolute atomic E-state index is 0.135. The molecule has 3 aromatic rings. The zero-order valence-electron chi connectivity index (χ0n) is 25.5. The number of fused-ring (bicyclic) bond motifs is 9. The highest BCUT2D eigenvalue weighted by Crippen LogP contribution is 2.66. The van der Waals surface area contributed by atoms with E-state index in [0.29, 0.717) is 35.9 Å². The zero-order valence-corrected chi connectivity index (χ0v) is 25.5. The second kappa shape index (κ2) is 8.87. The molecule has 43 heavy (non-hydrogen) atoms. The van der Waals surface area contributed by atoms with Crippen LogP contribution in [0.15, 0.2) is 72.0 Å². The summed E-state index contributed by atoms with van der Waals surface area (Å²) in [5.74, 6) is 1.67. The number of nitrogens with zero attached hydrogens (tertiary/aromatic N) is 3. The van der Waals surface area contributed by atoms with E-state index in [9.17, 15) is 5.11 Å². The van der Waals surface area contributed by atoms with Crippen molar-refractivity contribution in [2.45, 2.75) is 75.6 Å². The van der Waals surface area contributed by atoms with E-state index in [-0.39, 0.29) is 17.4 Å². The lowest BCUT2D eigenvalue weighted by atomic mass is 9.52. The lowest BCUT2D eigenvalue weighted by Gasteiger charge is -2.60. The van der Waals surface area contributed by atoms with Gasteiger partial charge < -0.3 is 15.0 Å². The topological polar surface area (TPSA) is 45.7 Å². The first kappa shape index (κ1) is 25.5. The first-order chi connectivity index (χ1) is 21.1. The smallest absolute Gasteiger partial charge is 0.0824 e. The lowest BCUT2D eigenvalue weighted by Crippen LogP contribution is -2.67. The molecule has 10 rings (SSSR count). The third kappa shape index (κ3) is 3.09. The van der Waals surface area contributed by atoms with Crippen molar-refractivity contribution in [2.75, 3.05) is 31.1 Å². The van der Waals surface area contributed by atoms with Gasteiger partial charge in [-0.15, -0.1) is 0 Å². The van der Waals surface area contributed by atoms with Crippen molar-refractivity contribution in [3.05, 3.63) is 88.8 Å². The minimum Gasteiger partial charge on any atom is -0.388 e. The molecule has 6 aliphatic heterocycles. The van der Waals surface area contributed by atoms with Crippen molar-refractivity contribution < 1.29 is 5.11 Å². The third-order valence-corrected chi connectivity index (χ3v) is 13.6. The second-order valence-corrected chi connectivity index (χ2v) is 14.8. The SMILES string of the molecule is C/C=C1/CN2CC[C@]34c5ccccc5N5C=C([C@H]6C[C@H]7c8[nH]c9ccccc9c8CCN7C[C@@H]6CC)[C@H](O)[C@@H]([C@H]53)[C@H]1C[C@H]24. The number of H-pyrrole nitrogens is 1. The van der Waals surface area contributed by atoms with Crippen LogP contribution in [0.1, 0.15) is 62.4 Å². The van der Waals surface area contributed by atoms with Gasteiger partial charge in [0.15, 0.2) is 0 Å². The monoisotopic (exact) mass is 572 g/mol. The summed E-state index contributed by atoms with van der Waals surface area (Å²) in [7, 11) is 0. The Kier molecular flexibility index (Phi) is 5.25. The third-order valence-electron chi connectivity index (χ3n) is 13.6. The Balaban J connectivity index is 1.12. The van der Waals surface area contributed by atoms with Gasteiger partial charge in [-0.25, -0.2) is 0 Å². The lowest BCUT2D eigenvalue weighted by molar-refractivity contribution is -0.0223. The molecule has 9 atom stereocenters. The largest absolute Gasteiger partial charge is 0.388 e. The second-order valence-electron chi connectivity index (χ2n) is 14.8. The summed E-state index contributed by atoms with van der Waals surface area (Å²) in [5.41, 5.74) is 10.3. The summed E-state index contributed by atoms with van der Waals surface area (Å²) in [6.07, 6.45) is 10.3. The highest BCUT2D eigenvalue weighted by atomic mass is 16.3. The van der Waals surface area contributed by atoms with Crippen molar-refractivity contribution in [1.29, 1.82) is 0 Å². The van der Waals surface area contributed by atoms with Crippen molar-refractivity contribution in [3.8, 4) is 0 Å². The number of rotatable bonds is 2. The molecule has 1 aromatic heterocycles. The van der Waals surface area contributed by atoms with Crippen LogP contribution in [0, 0.1) is 23.7 Å². The highest BCUT2D eigenvalue weighted by molar-refractivity contribution is 5.85. The van der Waals surface area contributed by atoms with E-state index in [1.807, 2.05) is 0 Å². The Bertz CT molecular complexity index is 1700. The van der Waals surface area contributed by atoms with Gasteiger partial charge in [0.25, 0.3) is 0 Å². The predicted octanol–water partition coefficient (Wildman–Crippen LogP) is 6.17. The summed E-state index contributed by atoms with van der Waals surface area (Å²) in [4.78, 5) is 12.1. The van der Waals surface area contributed by atoms with Crippen LogP contribution in [0.4, 0.5) is 5.69 Å². The van der Waals surface area contributed by atoms with E-state index >= 15 is 0 Å². The molecule has 0 radical (unpaired) electrons. The van der Waals surface area contributed by atoms with E-state index in [0.717, 1.165) is 38.9 Å². The van der Waals surface area contributed by atoms with Crippen LogP contribution in [0.3, 0.4) is 0 Å². The number of allylic oxidation sites excluding steroid dienone is 1. The molecule has 1 aliphatic carbocycles. The molecule has 0 amide bonds. The number of para-hydroxylation sites is 2. The fourth-order valence-electron chi connectivity index (χ4n) is 11.9. The number of aliphatic hydroxyl groups is 1. The standard InChI is InChI=1S/C38H44N4O/c1-3-22-19-40-15-13-25-24-9-5-7-11-30(24)39-35(25)32(40)17-26(22)28-21-42-31-12-8-6-10-29(31)38-14-16-41-20-23(4-2)27(18-33(38)41)34(36(28)43)37(38)42/h4-12,21-22,26-27,32-34,36-37,39,43H,3,13-20H2,1-2H3/b23-4-/t22-,26-,27-,32-,33-,34-,36-,37-,38+/m0/s1. The molecular weight excluding hydrogens is 528 g/mol. The number of aromatic amines is 1. The number of nitrogens with one attached hydrogen (secondary N) is 1. The van der Waals surface area contributed by atoms with Crippen molar-refractivity contribution >= 4 is 16.6 Å².